The Morgan fingerprint density at radius 1 is 1.75 bits per heavy atom. The average molecular weight is 229 g/mol. The van der Waals surface area contributed by atoms with Crippen LogP contribution in [0.25, 0.3) is 0 Å². The number of hydrogen-bond acceptors (Lipinski definition) is 4. The smallest absolute Gasteiger partial charge is 0.223 e. The van der Waals surface area contributed by atoms with Crippen LogP contribution in [0, 0.1) is 23.7 Å². The van der Waals surface area contributed by atoms with Crippen LogP contribution < -0.4 is 16.5 Å². The van der Waals surface area contributed by atoms with Crippen molar-refractivity contribution in [2.45, 2.75) is 12.6 Å². The van der Waals surface area contributed by atoms with E-state index in [1.807, 2.05) is 5.48 Å². The van der Waals surface area contributed by atoms with Crippen LogP contribution >= 0.6 is 0 Å². The second-order valence-corrected chi connectivity index (χ2v) is 4.44. The summed E-state index contributed by atoms with van der Waals surface area (Å²) in [5, 5.41) is 11.2. The molecule has 2 rings (SSSR count). The van der Waals surface area contributed by atoms with Crippen molar-refractivity contribution in [1.29, 1.82) is 0 Å². The molecule has 5 N–H and O–H groups in total. The van der Waals surface area contributed by atoms with Crippen molar-refractivity contribution in [3.8, 4) is 0 Å². The molecule has 0 aromatic carbocycles. The summed E-state index contributed by atoms with van der Waals surface area (Å²) in [6.07, 6.45) is 1.36. The molecule has 4 unspecified atom stereocenters. The van der Waals surface area contributed by atoms with Crippen LogP contribution in [0.5, 0.6) is 0 Å². The van der Waals surface area contributed by atoms with Gasteiger partial charge >= 0.3 is 0 Å². The Balaban J connectivity index is 2.06. The van der Waals surface area contributed by atoms with Gasteiger partial charge in [-0.05, 0) is 18.4 Å². The van der Waals surface area contributed by atoms with E-state index < -0.39 is 6.17 Å². The molecule has 1 fully saturated rings. The maximum absolute atomic E-state index is 13.6. The molecule has 2 aliphatic rings. The number of amides is 1. The zero-order valence-corrected chi connectivity index (χ0v) is 8.98. The molecular weight excluding hydrogens is 213 g/mol. The molecule has 0 aromatic rings. The molecule has 5 nitrogen and oxygen atoms in total. The first-order valence-corrected chi connectivity index (χ1v) is 5.34. The van der Waals surface area contributed by atoms with Crippen LogP contribution in [0.15, 0.2) is 11.9 Å². The lowest BCUT2D eigenvalue weighted by molar-refractivity contribution is -0.122. The monoisotopic (exact) mass is 229 g/mol. The van der Waals surface area contributed by atoms with Gasteiger partial charge in [0.25, 0.3) is 0 Å². The van der Waals surface area contributed by atoms with Crippen LogP contribution in [-0.2, 0) is 4.79 Å². The largest absolute Gasteiger partial charge is 0.359 e. The Kier molecular flexibility index (Phi) is 2.96. The Hall–Kier alpha value is -0.980. The summed E-state index contributed by atoms with van der Waals surface area (Å²) in [4.78, 5) is 11.4. The molecule has 1 saturated carbocycles. The van der Waals surface area contributed by atoms with Gasteiger partial charge in [-0.2, -0.15) is 5.48 Å². The lowest BCUT2D eigenvalue weighted by Gasteiger charge is -2.22. The summed E-state index contributed by atoms with van der Waals surface area (Å²) >= 11 is 0. The number of halogens is 1. The topological polar surface area (TPSA) is 87.4 Å². The quantitative estimate of drug-likeness (QED) is 0.396. The first-order chi connectivity index (χ1) is 7.60. The second kappa shape index (κ2) is 4.12. The molecule has 0 radical (unpaired) electrons. The van der Waals surface area contributed by atoms with Gasteiger partial charge in [0.05, 0.1) is 12.1 Å². The Bertz CT molecular complexity index is 334. The number of hydrogen-bond donors (Lipinski definition) is 4. The SMILES string of the molecule is CNC(=O)C1C2CC(C(N)NO)C=C(F)[C@H]21. The van der Waals surface area contributed by atoms with Crippen molar-refractivity contribution in [2.75, 3.05) is 7.05 Å². The fraction of sp³-hybridized carbons (Fsp3) is 0.700. The Labute approximate surface area is 92.8 Å². The number of carbonyl (C=O) groups is 1. The number of nitrogens with one attached hydrogen (secondary N) is 2. The molecular formula is C10H16FN3O2. The number of carbonyl (C=O) groups excluding carboxylic acids is 1. The van der Waals surface area contributed by atoms with Crippen molar-refractivity contribution in [2.24, 2.45) is 29.4 Å². The highest BCUT2D eigenvalue weighted by Crippen LogP contribution is 2.57. The van der Waals surface area contributed by atoms with Crippen molar-refractivity contribution in [3.63, 3.8) is 0 Å². The fourth-order valence-electron chi connectivity index (χ4n) is 2.61. The molecule has 0 heterocycles. The molecule has 16 heavy (non-hydrogen) atoms. The highest BCUT2D eigenvalue weighted by molar-refractivity contribution is 5.82. The summed E-state index contributed by atoms with van der Waals surface area (Å²) in [6, 6.07) is 0. The number of hydroxylamine groups is 1. The van der Waals surface area contributed by atoms with Gasteiger partial charge in [-0.15, -0.1) is 0 Å². The maximum Gasteiger partial charge on any atom is 0.223 e. The number of rotatable bonds is 3. The molecule has 0 spiro atoms. The minimum atomic E-state index is -0.683. The molecule has 0 bridgehead atoms. The molecule has 2 aliphatic carbocycles. The molecule has 0 aliphatic heterocycles. The van der Waals surface area contributed by atoms with Gasteiger partial charge in [-0.25, -0.2) is 4.39 Å². The van der Waals surface area contributed by atoms with E-state index in [9.17, 15) is 9.18 Å². The third kappa shape index (κ3) is 1.73. The standard InChI is InChI=1S/C10H16FN3O2/c1-13-10(15)8-5-2-4(9(12)14-16)3-6(11)7(5)8/h3-5,7-9,14,16H,2,12H2,1H3,(H,13,15)/t4?,5?,7-,8?,9?/m0/s1. The van der Waals surface area contributed by atoms with Crippen molar-refractivity contribution in [1.82, 2.24) is 10.8 Å². The summed E-state index contributed by atoms with van der Waals surface area (Å²) in [5.74, 6) is -1.18. The summed E-state index contributed by atoms with van der Waals surface area (Å²) < 4.78 is 13.6. The van der Waals surface area contributed by atoms with Crippen molar-refractivity contribution >= 4 is 5.91 Å². The molecule has 90 valence electrons. The Morgan fingerprint density at radius 3 is 3.00 bits per heavy atom. The summed E-state index contributed by atoms with van der Waals surface area (Å²) in [6.45, 7) is 0. The molecule has 0 aromatic heterocycles. The van der Waals surface area contributed by atoms with Gasteiger partial charge in [0.1, 0.15) is 5.83 Å². The fourth-order valence-corrected chi connectivity index (χ4v) is 2.61. The third-order valence-corrected chi connectivity index (χ3v) is 3.56. The first-order valence-electron chi connectivity index (χ1n) is 5.34. The van der Waals surface area contributed by atoms with Crippen LogP contribution in [0.1, 0.15) is 6.42 Å². The van der Waals surface area contributed by atoms with Gasteiger partial charge in [0.15, 0.2) is 0 Å². The van der Waals surface area contributed by atoms with Gasteiger partial charge in [0, 0.05) is 18.9 Å². The van der Waals surface area contributed by atoms with Crippen LogP contribution in [0.4, 0.5) is 4.39 Å². The van der Waals surface area contributed by atoms with Crippen molar-refractivity contribution < 1.29 is 14.4 Å². The van der Waals surface area contributed by atoms with Gasteiger partial charge in [-0.3, -0.25) is 4.79 Å². The van der Waals surface area contributed by atoms with E-state index in [2.05, 4.69) is 5.32 Å². The summed E-state index contributed by atoms with van der Waals surface area (Å²) in [5.41, 5.74) is 7.49. The maximum atomic E-state index is 13.6. The zero-order chi connectivity index (χ0) is 11.9. The molecule has 5 atom stereocenters. The minimum Gasteiger partial charge on any atom is -0.359 e. The highest BCUT2D eigenvalue weighted by atomic mass is 19.1. The highest BCUT2D eigenvalue weighted by Gasteiger charge is 2.59. The van der Waals surface area contributed by atoms with Crippen LogP contribution in [0.2, 0.25) is 0 Å². The van der Waals surface area contributed by atoms with Gasteiger partial charge in [0.2, 0.25) is 5.91 Å². The van der Waals surface area contributed by atoms with E-state index in [1.165, 1.54) is 6.08 Å². The second-order valence-electron chi connectivity index (χ2n) is 4.44. The predicted molar refractivity (Wildman–Crippen MR) is 54.7 cm³/mol. The van der Waals surface area contributed by atoms with Crippen LogP contribution in [0.3, 0.4) is 0 Å². The molecule has 0 saturated heterocycles. The minimum absolute atomic E-state index is 0.0225. The van der Waals surface area contributed by atoms with E-state index in [0.717, 1.165) is 0 Å². The van der Waals surface area contributed by atoms with Gasteiger partial charge < -0.3 is 16.3 Å². The predicted octanol–water partition coefficient (Wildman–Crippen LogP) is -0.268. The lowest BCUT2D eigenvalue weighted by Crippen LogP contribution is -2.42. The van der Waals surface area contributed by atoms with E-state index in [0.29, 0.717) is 6.42 Å². The van der Waals surface area contributed by atoms with Gasteiger partial charge in [-0.1, -0.05) is 0 Å². The normalized spacial score (nSPS) is 38.4. The number of fused-ring (bicyclic) bond motifs is 1. The van der Waals surface area contributed by atoms with Crippen LogP contribution in [-0.4, -0.2) is 24.3 Å². The van der Waals surface area contributed by atoms with E-state index in [1.54, 1.807) is 7.05 Å². The van der Waals surface area contributed by atoms with E-state index >= 15 is 0 Å². The Morgan fingerprint density at radius 2 is 2.44 bits per heavy atom. The average Bonchev–Trinajstić information content (AvgIpc) is 3.01. The number of allylic oxidation sites excluding steroid dienone is 1. The lowest BCUT2D eigenvalue weighted by atomic mass is 9.93. The summed E-state index contributed by atoms with van der Waals surface area (Å²) in [7, 11) is 1.55. The number of nitrogens with two attached hydrogens (primary N) is 1. The van der Waals surface area contributed by atoms with Crippen molar-refractivity contribution in [3.05, 3.63) is 11.9 Å². The van der Waals surface area contributed by atoms with E-state index in [4.69, 9.17) is 10.9 Å². The third-order valence-electron chi connectivity index (χ3n) is 3.56. The zero-order valence-electron chi connectivity index (χ0n) is 8.98. The molecule has 6 heteroatoms. The first kappa shape index (κ1) is 11.5. The van der Waals surface area contributed by atoms with E-state index in [-0.39, 0.29) is 35.4 Å². The molecule has 1 amide bonds.